The number of hydrogen-bond acceptors (Lipinski definition) is 8. The molecule has 11 heteroatoms. The maximum Gasteiger partial charge on any atom is 0.350 e. The molecule has 9 nitrogen and oxygen atoms in total. The summed E-state index contributed by atoms with van der Waals surface area (Å²) >= 11 is 1.07. The first-order valence-corrected chi connectivity index (χ1v) is 10.6. The van der Waals surface area contributed by atoms with Crippen molar-refractivity contribution in [2.75, 3.05) is 13.2 Å². The van der Waals surface area contributed by atoms with E-state index in [0.717, 1.165) is 11.3 Å². The Morgan fingerprint density at radius 2 is 1.85 bits per heavy atom. The third-order valence-electron chi connectivity index (χ3n) is 4.53. The number of aryl methyl sites for hydroxylation is 1. The molecule has 0 radical (unpaired) electrons. The van der Waals surface area contributed by atoms with Crippen molar-refractivity contribution >= 4 is 29.1 Å². The Bertz CT molecular complexity index is 1200. The van der Waals surface area contributed by atoms with Gasteiger partial charge in [-0.2, -0.15) is 0 Å². The van der Waals surface area contributed by atoms with Gasteiger partial charge in [0.2, 0.25) is 6.10 Å². The number of carbonyl (C=O) groups is 3. The highest BCUT2D eigenvalue weighted by molar-refractivity contribution is 7.17. The van der Waals surface area contributed by atoms with E-state index in [-0.39, 0.29) is 17.3 Å². The van der Waals surface area contributed by atoms with Crippen molar-refractivity contribution in [1.82, 2.24) is 15.8 Å². The number of esters is 1. The number of ether oxygens (including phenoxy) is 3. The van der Waals surface area contributed by atoms with Crippen LogP contribution in [0.15, 0.2) is 48.5 Å². The molecule has 0 aliphatic carbocycles. The maximum absolute atomic E-state index is 13.1. The van der Waals surface area contributed by atoms with Crippen LogP contribution in [0.1, 0.15) is 15.4 Å². The molecule has 33 heavy (non-hydrogen) atoms. The van der Waals surface area contributed by atoms with E-state index in [1.54, 1.807) is 43.3 Å². The molecular formula is C22H18FN3O6S. The predicted octanol–water partition coefficient (Wildman–Crippen LogP) is 2.40. The summed E-state index contributed by atoms with van der Waals surface area (Å²) in [5, 5.41) is 0.521. The van der Waals surface area contributed by atoms with E-state index >= 15 is 0 Å². The summed E-state index contributed by atoms with van der Waals surface area (Å²) in [6.07, 6.45) is -0.951. The van der Waals surface area contributed by atoms with Crippen LogP contribution < -0.4 is 20.3 Å². The summed E-state index contributed by atoms with van der Waals surface area (Å²) in [5.74, 6) is -1.53. The maximum atomic E-state index is 13.1. The number of benzene rings is 2. The number of thiazole rings is 1. The second kappa shape index (κ2) is 9.65. The highest BCUT2D eigenvalue weighted by atomic mass is 32.1. The van der Waals surface area contributed by atoms with Gasteiger partial charge in [0.1, 0.15) is 22.3 Å². The number of fused-ring (bicyclic) bond motifs is 1. The number of carbonyl (C=O) groups excluding carboxylic acids is 3. The zero-order valence-electron chi connectivity index (χ0n) is 17.3. The van der Waals surface area contributed by atoms with E-state index in [2.05, 4.69) is 15.8 Å². The number of aromatic nitrogens is 1. The normalized spacial score (nSPS) is 14.3. The second-order valence-corrected chi connectivity index (χ2v) is 7.92. The van der Waals surface area contributed by atoms with Crippen molar-refractivity contribution in [3.8, 4) is 22.1 Å². The highest BCUT2D eigenvalue weighted by Crippen LogP contribution is 2.31. The van der Waals surface area contributed by atoms with Crippen LogP contribution in [-0.2, 0) is 14.3 Å². The first-order valence-electron chi connectivity index (χ1n) is 9.78. The Hall–Kier alpha value is -3.99. The standard InChI is InChI=1S/C22H18FN3O6S/c1-12-19(33-21(24-12)13-6-8-14(23)9-7-13)22(29)31-11-18(27)25-26-20(28)17-10-30-15-4-2-3-5-16(15)32-17/h2-9,17H,10-11H2,1H3,(H,25,27)(H,26,28). The molecule has 0 spiro atoms. The highest BCUT2D eigenvalue weighted by Gasteiger charge is 2.27. The molecule has 3 aromatic rings. The lowest BCUT2D eigenvalue weighted by atomic mass is 10.2. The topological polar surface area (TPSA) is 116 Å². The fraction of sp³-hybridized carbons (Fsp3) is 0.182. The first-order chi connectivity index (χ1) is 15.9. The van der Waals surface area contributed by atoms with Gasteiger partial charge in [-0.05, 0) is 43.3 Å². The molecule has 1 aromatic heterocycles. The molecule has 4 rings (SSSR count). The molecular weight excluding hydrogens is 453 g/mol. The molecule has 2 N–H and O–H groups in total. The Labute approximate surface area is 191 Å². The Morgan fingerprint density at radius 3 is 2.61 bits per heavy atom. The summed E-state index contributed by atoms with van der Waals surface area (Å²) in [4.78, 5) is 41.1. The van der Waals surface area contributed by atoms with E-state index in [0.29, 0.717) is 27.8 Å². The van der Waals surface area contributed by atoms with Gasteiger partial charge in [0.05, 0.1) is 5.69 Å². The van der Waals surface area contributed by atoms with Crippen molar-refractivity contribution in [2.24, 2.45) is 0 Å². The Morgan fingerprint density at radius 1 is 1.12 bits per heavy atom. The number of nitrogens with zero attached hydrogens (tertiary/aromatic N) is 1. The van der Waals surface area contributed by atoms with Crippen LogP contribution in [0, 0.1) is 12.7 Å². The van der Waals surface area contributed by atoms with Gasteiger partial charge in [-0.3, -0.25) is 20.4 Å². The van der Waals surface area contributed by atoms with Crippen molar-refractivity contribution < 1.29 is 33.0 Å². The van der Waals surface area contributed by atoms with Crippen LogP contribution in [0.5, 0.6) is 11.5 Å². The van der Waals surface area contributed by atoms with Crippen LogP contribution in [-0.4, -0.2) is 42.1 Å². The minimum absolute atomic E-state index is 0.0191. The first kappa shape index (κ1) is 22.2. The molecule has 2 amide bonds. The molecule has 1 atom stereocenters. The van der Waals surface area contributed by atoms with Crippen LogP contribution in [0.4, 0.5) is 4.39 Å². The number of hydrazine groups is 1. The SMILES string of the molecule is Cc1nc(-c2ccc(F)cc2)sc1C(=O)OCC(=O)NNC(=O)C1COc2ccccc2O1. The van der Waals surface area contributed by atoms with Crippen LogP contribution in [0.3, 0.4) is 0 Å². The van der Waals surface area contributed by atoms with Crippen molar-refractivity contribution in [1.29, 1.82) is 0 Å². The molecule has 2 heterocycles. The zero-order chi connectivity index (χ0) is 23.4. The molecule has 2 aromatic carbocycles. The fourth-order valence-corrected chi connectivity index (χ4v) is 3.86. The fourth-order valence-electron chi connectivity index (χ4n) is 2.90. The molecule has 1 aliphatic heterocycles. The van der Waals surface area contributed by atoms with Crippen LogP contribution in [0.2, 0.25) is 0 Å². The monoisotopic (exact) mass is 471 g/mol. The van der Waals surface area contributed by atoms with Crippen molar-refractivity contribution in [3.63, 3.8) is 0 Å². The number of halogens is 1. The zero-order valence-corrected chi connectivity index (χ0v) is 18.1. The summed E-state index contributed by atoms with van der Waals surface area (Å²) in [6.45, 7) is 0.993. The lowest BCUT2D eigenvalue weighted by Crippen LogP contribution is -2.51. The lowest BCUT2D eigenvalue weighted by Gasteiger charge is -2.25. The summed E-state index contributed by atoms with van der Waals surface area (Å²) < 4.78 is 29.1. The van der Waals surface area contributed by atoms with Gasteiger partial charge in [0.25, 0.3) is 11.8 Å². The van der Waals surface area contributed by atoms with E-state index in [4.69, 9.17) is 14.2 Å². The quantitative estimate of drug-likeness (QED) is 0.434. The Kier molecular flexibility index (Phi) is 6.50. The third kappa shape index (κ3) is 5.26. The number of nitrogens with one attached hydrogen (secondary N) is 2. The molecule has 0 saturated carbocycles. The average Bonchev–Trinajstić information content (AvgIpc) is 3.22. The average molecular weight is 471 g/mol. The van der Waals surface area contributed by atoms with Crippen molar-refractivity contribution in [2.45, 2.75) is 13.0 Å². The number of amides is 2. The van der Waals surface area contributed by atoms with E-state index in [9.17, 15) is 18.8 Å². The molecule has 0 bridgehead atoms. The Balaban J connectivity index is 1.26. The van der Waals surface area contributed by atoms with E-state index in [1.165, 1.54) is 12.1 Å². The van der Waals surface area contributed by atoms with Gasteiger partial charge >= 0.3 is 5.97 Å². The molecule has 0 saturated heterocycles. The molecule has 1 unspecified atom stereocenters. The summed E-state index contributed by atoms with van der Waals surface area (Å²) in [6, 6.07) is 12.6. The molecule has 0 fully saturated rings. The van der Waals surface area contributed by atoms with Gasteiger partial charge < -0.3 is 14.2 Å². The number of hydrogen-bond donors (Lipinski definition) is 2. The summed E-state index contributed by atoms with van der Waals surface area (Å²) in [7, 11) is 0. The third-order valence-corrected chi connectivity index (χ3v) is 5.72. The van der Waals surface area contributed by atoms with Gasteiger partial charge in [-0.1, -0.05) is 12.1 Å². The van der Waals surface area contributed by atoms with E-state index in [1.807, 2.05) is 0 Å². The van der Waals surface area contributed by atoms with Crippen molar-refractivity contribution in [3.05, 3.63) is 64.9 Å². The van der Waals surface area contributed by atoms with Gasteiger partial charge in [-0.15, -0.1) is 11.3 Å². The number of para-hydroxylation sites is 2. The van der Waals surface area contributed by atoms with Gasteiger partial charge in [0, 0.05) is 5.56 Å². The molecule has 170 valence electrons. The van der Waals surface area contributed by atoms with Crippen LogP contribution >= 0.6 is 11.3 Å². The second-order valence-electron chi connectivity index (χ2n) is 6.92. The summed E-state index contributed by atoms with van der Waals surface area (Å²) in [5.41, 5.74) is 5.45. The largest absolute Gasteiger partial charge is 0.485 e. The minimum Gasteiger partial charge on any atom is -0.485 e. The minimum atomic E-state index is -0.951. The van der Waals surface area contributed by atoms with Gasteiger partial charge in [-0.25, -0.2) is 14.2 Å². The lowest BCUT2D eigenvalue weighted by molar-refractivity contribution is -0.135. The van der Waals surface area contributed by atoms with E-state index < -0.39 is 30.5 Å². The van der Waals surface area contributed by atoms with Crippen LogP contribution in [0.25, 0.3) is 10.6 Å². The smallest absolute Gasteiger partial charge is 0.350 e. The predicted molar refractivity (Wildman–Crippen MR) is 115 cm³/mol. The number of rotatable bonds is 5. The van der Waals surface area contributed by atoms with Gasteiger partial charge in [0.15, 0.2) is 18.1 Å². The molecule has 1 aliphatic rings.